The van der Waals surface area contributed by atoms with Crippen LogP contribution in [0.2, 0.25) is 0 Å². The maximum Gasteiger partial charge on any atom is 0.177 e. The second-order valence-electron chi connectivity index (χ2n) is 14.3. The molecule has 0 aliphatic heterocycles. The van der Waals surface area contributed by atoms with E-state index in [2.05, 4.69) is 18.2 Å². The summed E-state index contributed by atoms with van der Waals surface area (Å²) in [6.45, 7) is 10.8. The quantitative estimate of drug-likeness (QED) is 0.205. The molecule has 0 saturated heterocycles. The molecule has 262 valence electrons. The zero-order valence-electron chi connectivity index (χ0n) is 29.7. The Balaban J connectivity index is 0.898. The molecule has 0 amide bonds. The maximum atomic E-state index is 9.95. The summed E-state index contributed by atoms with van der Waals surface area (Å²) in [7, 11) is 0. The van der Waals surface area contributed by atoms with Crippen LogP contribution >= 0.6 is 0 Å². The molecule has 2 saturated carbocycles. The number of hydrogen-bond donors (Lipinski definition) is 1. The number of ether oxygens (including phenoxy) is 1. The smallest absolute Gasteiger partial charge is 0.177 e. The molecule has 2 aliphatic rings. The number of hydrogen-bond acceptors (Lipinski definition) is 10. The highest BCUT2D eigenvalue weighted by Crippen LogP contribution is 2.55. The molecule has 0 radical (unpaired) electrons. The van der Waals surface area contributed by atoms with Crippen molar-refractivity contribution in [1.82, 2.24) is 57.9 Å². The van der Waals surface area contributed by atoms with Crippen molar-refractivity contribution in [3.63, 3.8) is 0 Å². The lowest BCUT2D eigenvalue weighted by Crippen LogP contribution is -2.07. The van der Waals surface area contributed by atoms with Crippen molar-refractivity contribution >= 4 is 22.6 Å². The molecule has 4 atom stereocenters. The molecule has 1 N–H and O–H groups in total. The van der Waals surface area contributed by atoms with E-state index in [4.69, 9.17) is 44.8 Å². The Morgan fingerprint density at radius 3 is 2.10 bits per heavy atom. The van der Waals surface area contributed by atoms with E-state index in [1.807, 2.05) is 71.1 Å². The Kier molecular flexibility index (Phi) is 6.70. The molecular weight excluding hydrogens is 656 g/mol. The van der Waals surface area contributed by atoms with Gasteiger partial charge in [0.2, 0.25) is 0 Å². The van der Waals surface area contributed by atoms with E-state index in [0.717, 1.165) is 98.4 Å². The van der Waals surface area contributed by atoms with Gasteiger partial charge in [0.05, 0.1) is 40.8 Å². The summed E-state index contributed by atoms with van der Waals surface area (Å²) >= 11 is 0. The van der Waals surface area contributed by atoms with E-state index < -0.39 is 0 Å². The molecule has 0 aromatic carbocycles. The maximum absolute atomic E-state index is 9.95. The highest BCUT2D eigenvalue weighted by atomic mass is 16.5. The zero-order chi connectivity index (χ0) is 35.4. The highest BCUT2D eigenvalue weighted by Gasteiger charge is 2.46. The third kappa shape index (κ3) is 4.83. The molecule has 4 unspecified atom stereocenters. The third-order valence-electron chi connectivity index (χ3n) is 10.9. The van der Waals surface area contributed by atoms with Crippen LogP contribution in [-0.4, -0.2) is 69.6 Å². The van der Waals surface area contributed by atoms with Crippen LogP contribution in [0.3, 0.4) is 0 Å². The van der Waals surface area contributed by atoms with Gasteiger partial charge in [-0.05, 0) is 72.4 Å². The second kappa shape index (κ2) is 11.3. The van der Waals surface area contributed by atoms with E-state index in [1.54, 1.807) is 12.1 Å². The van der Waals surface area contributed by atoms with Crippen molar-refractivity contribution in [2.45, 2.75) is 84.0 Å². The number of aromatic hydroxyl groups is 1. The Labute approximate surface area is 298 Å². The first-order chi connectivity index (χ1) is 25.2. The van der Waals surface area contributed by atoms with Gasteiger partial charge in [0.15, 0.2) is 22.9 Å². The van der Waals surface area contributed by atoms with Crippen LogP contribution in [0.15, 0.2) is 49.1 Å². The van der Waals surface area contributed by atoms with Gasteiger partial charge in [0, 0.05) is 72.0 Å². The summed E-state index contributed by atoms with van der Waals surface area (Å²) in [5.74, 6) is 3.59. The lowest BCUT2D eigenvalue weighted by Gasteiger charge is -2.06. The molecule has 10 rings (SSSR count). The molecular formula is C38H38N12O2. The Morgan fingerprint density at radius 2 is 1.38 bits per heavy atom. The first-order valence-corrected chi connectivity index (χ1v) is 18.0. The molecule has 2 fully saturated rings. The predicted molar refractivity (Wildman–Crippen MR) is 191 cm³/mol. The summed E-state index contributed by atoms with van der Waals surface area (Å²) in [6.07, 6.45) is 10.9. The molecule has 0 spiro atoms. The van der Waals surface area contributed by atoms with E-state index in [-0.39, 0.29) is 29.4 Å². The highest BCUT2D eigenvalue weighted by molar-refractivity contribution is 5.52. The van der Waals surface area contributed by atoms with Crippen LogP contribution in [-0.2, 0) is 12.8 Å². The number of rotatable bonds is 9. The van der Waals surface area contributed by atoms with Gasteiger partial charge in [-0.1, -0.05) is 0 Å². The fourth-order valence-electron chi connectivity index (χ4n) is 7.86. The number of pyridine rings is 2. The van der Waals surface area contributed by atoms with Crippen molar-refractivity contribution in [2.75, 3.05) is 6.61 Å². The number of nitrogens with zero attached hydrogens (tertiary/aromatic N) is 12. The molecule has 0 bridgehead atoms. The summed E-state index contributed by atoms with van der Waals surface area (Å²) < 4.78 is 13.7. The van der Waals surface area contributed by atoms with Gasteiger partial charge >= 0.3 is 0 Å². The minimum Gasteiger partial charge on any atom is -0.508 e. The molecule has 8 heterocycles. The van der Waals surface area contributed by atoms with E-state index in [9.17, 15) is 5.11 Å². The molecule has 8 aromatic rings. The SMILES string of the molecule is CCOc1ccn2c(C)c(C3CC3c3nc4c(CCc5cnc(C)c6nc(C7CC7c7nc8cc(O)ccn8c7C)nn56)ncc(C)n4n3)nc2c1. The van der Waals surface area contributed by atoms with Crippen molar-refractivity contribution in [2.24, 2.45) is 0 Å². The first-order valence-electron chi connectivity index (χ1n) is 18.0. The van der Waals surface area contributed by atoms with Crippen molar-refractivity contribution in [3.05, 3.63) is 106 Å². The van der Waals surface area contributed by atoms with Crippen LogP contribution in [0.5, 0.6) is 11.5 Å². The summed E-state index contributed by atoms with van der Waals surface area (Å²) in [6, 6.07) is 7.37. The van der Waals surface area contributed by atoms with Gasteiger partial charge in [-0.15, -0.1) is 0 Å². The normalized spacial score (nSPS) is 19.8. The number of aryl methyl sites for hydroxylation is 6. The molecule has 14 nitrogen and oxygen atoms in total. The van der Waals surface area contributed by atoms with E-state index >= 15 is 0 Å². The zero-order valence-corrected chi connectivity index (χ0v) is 29.7. The average molecular weight is 695 g/mol. The number of aromatic nitrogens is 12. The van der Waals surface area contributed by atoms with Crippen LogP contribution in [0.4, 0.5) is 0 Å². The van der Waals surface area contributed by atoms with Gasteiger partial charge in [-0.25, -0.2) is 29.0 Å². The minimum atomic E-state index is 0.181. The molecule has 14 heteroatoms. The van der Waals surface area contributed by atoms with Crippen LogP contribution in [0.1, 0.15) is 101 Å². The number of imidazole rings is 2. The second-order valence-corrected chi connectivity index (χ2v) is 14.3. The fraction of sp³-hybridized carbons (Fsp3) is 0.368. The largest absolute Gasteiger partial charge is 0.508 e. The molecule has 2 aliphatic carbocycles. The van der Waals surface area contributed by atoms with Crippen LogP contribution in [0.25, 0.3) is 22.6 Å². The fourth-order valence-corrected chi connectivity index (χ4v) is 7.86. The van der Waals surface area contributed by atoms with Gasteiger partial charge < -0.3 is 18.6 Å². The average Bonchev–Trinajstić information content (AvgIpc) is 3.90. The van der Waals surface area contributed by atoms with E-state index in [1.165, 1.54) is 0 Å². The Hall–Kier alpha value is -5.92. The Bertz CT molecular complexity index is 2720. The van der Waals surface area contributed by atoms with Crippen molar-refractivity contribution in [1.29, 1.82) is 0 Å². The van der Waals surface area contributed by atoms with Crippen molar-refractivity contribution < 1.29 is 9.84 Å². The lowest BCUT2D eigenvalue weighted by atomic mass is 10.2. The van der Waals surface area contributed by atoms with Gasteiger partial charge in [0.1, 0.15) is 22.8 Å². The summed E-state index contributed by atoms with van der Waals surface area (Å²) in [5, 5.41) is 20.0. The Morgan fingerprint density at radius 1 is 0.731 bits per heavy atom. The monoisotopic (exact) mass is 694 g/mol. The third-order valence-corrected chi connectivity index (χ3v) is 10.9. The van der Waals surface area contributed by atoms with Crippen LogP contribution < -0.4 is 4.74 Å². The topological polar surface area (TPSA) is 150 Å². The minimum absolute atomic E-state index is 0.181. The lowest BCUT2D eigenvalue weighted by molar-refractivity contribution is 0.340. The predicted octanol–water partition coefficient (Wildman–Crippen LogP) is 5.52. The van der Waals surface area contributed by atoms with Crippen molar-refractivity contribution in [3.8, 4) is 11.5 Å². The van der Waals surface area contributed by atoms with Gasteiger partial charge in [-0.2, -0.15) is 10.2 Å². The molecule has 8 aromatic heterocycles. The molecule has 52 heavy (non-hydrogen) atoms. The summed E-state index contributed by atoms with van der Waals surface area (Å²) in [5.41, 5.74) is 11.2. The standard InChI is InChI=1S/C38H38N12O2/c1-6-52-25-10-12-48-22(5)34(42-32(48)14-25)27-16-29(27)36-44-38-30(40-17-19(2)49(38)45-36)8-7-23-18-39-20(3)37-43-35(46-50(23)37)28-15-26(28)33-21(4)47-11-9-24(51)13-31(47)41-33/h9-14,17-18,26-29,51H,6-8,15-16H2,1-5H3. The first kappa shape index (κ1) is 30.9. The van der Waals surface area contributed by atoms with Gasteiger partial charge in [0.25, 0.3) is 0 Å². The van der Waals surface area contributed by atoms with E-state index in [0.29, 0.717) is 19.4 Å². The summed E-state index contributed by atoms with van der Waals surface area (Å²) in [4.78, 5) is 29.4. The number of fused-ring (bicyclic) bond motifs is 4. The van der Waals surface area contributed by atoms with Gasteiger partial charge in [-0.3, -0.25) is 9.97 Å². The van der Waals surface area contributed by atoms with Crippen LogP contribution in [0, 0.1) is 27.7 Å².